The van der Waals surface area contributed by atoms with Gasteiger partial charge < -0.3 is 15.2 Å². The third-order valence-corrected chi connectivity index (χ3v) is 5.43. The average Bonchev–Trinajstić information content (AvgIpc) is 3.24. The van der Waals surface area contributed by atoms with Gasteiger partial charge in [0.15, 0.2) is 5.96 Å². The van der Waals surface area contributed by atoms with Crippen molar-refractivity contribution in [2.75, 3.05) is 13.6 Å². The molecule has 0 radical (unpaired) electrons. The number of aliphatic imine (C=N–C) groups is 1. The second-order valence-electron chi connectivity index (χ2n) is 7.34. The van der Waals surface area contributed by atoms with Crippen LogP contribution >= 0.6 is 0 Å². The van der Waals surface area contributed by atoms with Gasteiger partial charge in [-0.2, -0.15) is 5.10 Å². The molecule has 0 saturated heterocycles. The molecule has 2 aromatic heterocycles. The van der Waals surface area contributed by atoms with Crippen LogP contribution in [-0.2, 0) is 32.4 Å². The molecule has 9 heteroatoms. The van der Waals surface area contributed by atoms with Gasteiger partial charge in [0.1, 0.15) is 23.8 Å². The average molecular weight is 371 g/mol. The molecule has 146 valence electrons. The number of aryl methyl sites for hydroxylation is 3. The first-order valence-corrected chi connectivity index (χ1v) is 10.1. The highest BCUT2D eigenvalue weighted by molar-refractivity contribution is 5.79. The van der Waals surface area contributed by atoms with Crippen LogP contribution < -0.4 is 10.6 Å². The summed E-state index contributed by atoms with van der Waals surface area (Å²) in [5, 5.41) is 20.0. The van der Waals surface area contributed by atoms with Crippen molar-refractivity contribution >= 4 is 5.96 Å². The van der Waals surface area contributed by atoms with Crippen molar-refractivity contribution in [2.24, 2.45) is 4.99 Å². The van der Waals surface area contributed by atoms with Gasteiger partial charge in [-0.1, -0.05) is 6.42 Å². The number of nitrogens with one attached hydrogen (secondary N) is 2. The summed E-state index contributed by atoms with van der Waals surface area (Å²) in [4.78, 5) is 8.64. The lowest BCUT2D eigenvalue weighted by Crippen LogP contribution is -2.47. The van der Waals surface area contributed by atoms with E-state index < -0.39 is 0 Å². The molecule has 4 rings (SSSR count). The fourth-order valence-electron chi connectivity index (χ4n) is 3.93. The number of nitrogens with zero attached hydrogens (tertiary/aromatic N) is 7. The van der Waals surface area contributed by atoms with Gasteiger partial charge in [0, 0.05) is 45.4 Å². The molecule has 4 heterocycles. The molecule has 2 N–H and O–H groups in total. The van der Waals surface area contributed by atoms with Crippen LogP contribution in [0.4, 0.5) is 0 Å². The van der Waals surface area contributed by atoms with Crippen LogP contribution in [0.25, 0.3) is 0 Å². The predicted molar refractivity (Wildman–Crippen MR) is 103 cm³/mol. The van der Waals surface area contributed by atoms with E-state index in [1.165, 1.54) is 19.3 Å². The summed E-state index contributed by atoms with van der Waals surface area (Å²) >= 11 is 0. The zero-order chi connectivity index (χ0) is 18.5. The predicted octanol–water partition coefficient (Wildman–Crippen LogP) is 0.709. The minimum absolute atomic E-state index is 0.331. The Hall–Kier alpha value is -2.45. The highest BCUT2D eigenvalue weighted by Gasteiger charge is 2.20. The molecule has 2 aliphatic rings. The van der Waals surface area contributed by atoms with Crippen molar-refractivity contribution < 1.29 is 0 Å². The van der Waals surface area contributed by atoms with E-state index in [4.69, 9.17) is 0 Å². The molecular weight excluding hydrogens is 342 g/mol. The molecule has 2 aliphatic heterocycles. The van der Waals surface area contributed by atoms with Gasteiger partial charge in [0.25, 0.3) is 0 Å². The molecule has 1 atom stereocenters. The van der Waals surface area contributed by atoms with E-state index in [9.17, 15) is 0 Å². The summed E-state index contributed by atoms with van der Waals surface area (Å²) < 4.78 is 4.31. The number of guanidine groups is 1. The summed E-state index contributed by atoms with van der Waals surface area (Å²) in [7, 11) is 1.82. The largest absolute Gasteiger partial charge is 0.356 e. The Morgan fingerprint density at radius 3 is 3.11 bits per heavy atom. The van der Waals surface area contributed by atoms with Crippen LogP contribution in [0.15, 0.2) is 11.3 Å². The normalized spacial score (nSPS) is 19.9. The Balaban J connectivity index is 1.22. The van der Waals surface area contributed by atoms with Crippen molar-refractivity contribution in [2.45, 2.75) is 70.5 Å². The van der Waals surface area contributed by atoms with Crippen LogP contribution in [0.5, 0.6) is 0 Å². The van der Waals surface area contributed by atoms with Crippen LogP contribution in [-0.4, -0.2) is 55.1 Å². The SMILES string of the molecule is CN=C(NCCCc1nnc2n1CCCCC2)NC1CCc2ncnn2C1. The fraction of sp³-hybridized carbons (Fsp3) is 0.722. The first-order chi connectivity index (χ1) is 13.3. The molecular formula is C18H29N9. The Morgan fingerprint density at radius 1 is 1.22 bits per heavy atom. The number of hydrogen-bond donors (Lipinski definition) is 2. The lowest BCUT2D eigenvalue weighted by atomic mass is 10.1. The second-order valence-corrected chi connectivity index (χ2v) is 7.34. The summed E-state index contributed by atoms with van der Waals surface area (Å²) in [6.45, 7) is 2.77. The van der Waals surface area contributed by atoms with Crippen molar-refractivity contribution in [1.29, 1.82) is 0 Å². The number of aromatic nitrogens is 6. The zero-order valence-electron chi connectivity index (χ0n) is 16.1. The summed E-state index contributed by atoms with van der Waals surface area (Å²) in [5.41, 5.74) is 0. The summed E-state index contributed by atoms with van der Waals surface area (Å²) in [6, 6.07) is 0.331. The number of rotatable bonds is 5. The lowest BCUT2D eigenvalue weighted by molar-refractivity contribution is 0.392. The van der Waals surface area contributed by atoms with Crippen LogP contribution in [0.3, 0.4) is 0 Å². The standard InChI is InChI=1S/C18H29N9/c1-19-18(23-14-8-9-15-21-13-22-27(15)12-14)20-10-5-7-17-25-24-16-6-3-2-4-11-26(16)17/h13-14H,2-12H2,1H3,(H2,19,20,23). The maximum absolute atomic E-state index is 4.41. The molecule has 0 fully saturated rings. The zero-order valence-corrected chi connectivity index (χ0v) is 16.1. The molecule has 9 nitrogen and oxygen atoms in total. The van der Waals surface area contributed by atoms with Gasteiger partial charge in [-0.3, -0.25) is 4.99 Å². The molecule has 0 bridgehead atoms. The van der Waals surface area contributed by atoms with Crippen molar-refractivity contribution in [3.05, 3.63) is 23.8 Å². The van der Waals surface area contributed by atoms with E-state index in [0.717, 1.165) is 75.2 Å². The summed E-state index contributed by atoms with van der Waals surface area (Å²) in [5.74, 6) is 4.22. The lowest BCUT2D eigenvalue weighted by Gasteiger charge is -2.25. The highest BCUT2D eigenvalue weighted by Crippen LogP contribution is 2.15. The molecule has 0 aliphatic carbocycles. The van der Waals surface area contributed by atoms with E-state index in [1.54, 1.807) is 6.33 Å². The smallest absolute Gasteiger partial charge is 0.191 e. The molecule has 0 spiro atoms. The minimum atomic E-state index is 0.331. The van der Waals surface area contributed by atoms with E-state index >= 15 is 0 Å². The third kappa shape index (κ3) is 4.28. The number of fused-ring (bicyclic) bond motifs is 2. The first kappa shape index (κ1) is 17.9. The Bertz CT molecular complexity index is 776. The minimum Gasteiger partial charge on any atom is -0.356 e. The molecule has 1 unspecified atom stereocenters. The van der Waals surface area contributed by atoms with Crippen LogP contribution in [0.2, 0.25) is 0 Å². The molecule has 27 heavy (non-hydrogen) atoms. The van der Waals surface area contributed by atoms with E-state index in [-0.39, 0.29) is 0 Å². The van der Waals surface area contributed by atoms with E-state index in [2.05, 4.69) is 40.5 Å². The second kappa shape index (κ2) is 8.49. The van der Waals surface area contributed by atoms with Gasteiger partial charge in [-0.25, -0.2) is 9.67 Å². The maximum Gasteiger partial charge on any atom is 0.191 e. The van der Waals surface area contributed by atoms with Gasteiger partial charge in [0.05, 0.1) is 6.54 Å². The van der Waals surface area contributed by atoms with E-state index in [0.29, 0.717) is 6.04 Å². The Kier molecular flexibility index (Phi) is 5.64. The van der Waals surface area contributed by atoms with Gasteiger partial charge in [-0.05, 0) is 25.7 Å². The third-order valence-electron chi connectivity index (χ3n) is 5.43. The molecule has 0 aromatic carbocycles. The van der Waals surface area contributed by atoms with Crippen molar-refractivity contribution in [1.82, 2.24) is 40.2 Å². The molecule has 0 saturated carbocycles. The van der Waals surface area contributed by atoms with Crippen LogP contribution in [0, 0.1) is 0 Å². The van der Waals surface area contributed by atoms with Gasteiger partial charge in [0.2, 0.25) is 0 Å². The summed E-state index contributed by atoms with van der Waals surface area (Å²) in [6.07, 6.45) is 10.4. The highest BCUT2D eigenvalue weighted by atomic mass is 15.4. The first-order valence-electron chi connectivity index (χ1n) is 10.1. The monoisotopic (exact) mass is 371 g/mol. The Morgan fingerprint density at radius 2 is 2.19 bits per heavy atom. The number of hydrogen-bond acceptors (Lipinski definition) is 5. The van der Waals surface area contributed by atoms with Gasteiger partial charge in [-0.15, -0.1) is 10.2 Å². The van der Waals surface area contributed by atoms with Crippen LogP contribution in [0.1, 0.15) is 49.6 Å². The molecule has 0 amide bonds. The Labute approximate surface area is 159 Å². The van der Waals surface area contributed by atoms with E-state index in [1.807, 2.05) is 11.7 Å². The van der Waals surface area contributed by atoms with Crippen molar-refractivity contribution in [3.63, 3.8) is 0 Å². The topological polar surface area (TPSA) is 97.8 Å². The van der Waals surface area contributed by atoms with Crippen molar-refractivity contribution in [3.8, 4) is 0 Å². The quantitative estimate of drug-likeness (QED) is 0.456. The molecule has 2 aromatic rings. The fourth-order valence-corrected chi connectivity index (χ4v) is 3.93. The maximum atomic E-state index is 4.41. The van der Waals surface area contributed by atoms with Gasteiger partial charge >= 0.3 is 0 Å².